The van der Waals surface area contributed by atoms with Gasteiger partial charge in [0.2, 0.25) is 5.91 Å². The Labute approximate surface area is 106 Å². The summed E-state index contributed by atoms with van der Waals surface area (Å²) in [5.41, 5.74) is 0. The van der Waals surface area contributed by atoms with Gasteiger partial charge < -0.3 is 14.7 Å². The minimum absolute atomic E-state index is 0.00536. The molecule has 0 radical (unpaired) electrons. The molecule has 1 N–H and O–H groups in total. The minimum Gasteiger partial charge on any atom is -0.480 e. The molecule has 1 atom stereocenters. The molecule has 1 rings (SSSR count). The van der Waals surface area contributed by atoms with E-state index in [1.54, 1.807) is 0 Å². The number of amides is 1. The zero-order chi connectivity index (χ0) is 13.8. The second-order valence-corrected chi connectivity index (χ2v) is 6.48. The summed E-state index contributed by atoms with van der Waals surface area (Å²) < 4.78 is 27.4. The predicted octanol–water partition coefficient (Wildman–Crippen LogP) is -1.02. The molecule has 1 amide bonds. The summed E-state index contributed by atoms with van der Waals surface area (Å²) in [7, 11) is -1.70. The Hall–Kier alpha value is -1.15. The number of sulfone groups is 1. The summed E-state index contributed by atoms with van der Waals surface area (Å²) in [5.74, 6) is -2.36. The lowest BCUT2D eigenvalue weighted by molar-refractivity contribution is -0.146. The molecule has 0 spiro atoms. The highest BCUT2D eigenvalue weighted by Crippen LogP contribution is 2.20. The highest BCUT2D eigenvalue weighted by atomic mass is 32.2. The molecule has 1 fully saturated rings. The molecule has 0 saturated carbocycles. The summed E-state index contributed by atoms with van der Waals surface area (Å²) in [4.78, 5) is 23.8. The molecule has 7 nitrogen and oxygen atoms in total. The number of ether oxygens (including phenoxy) is 1. The maximum Gasteiger partial charge on any atom is 0.323 e. The van der Waals surface area contributed by atoms with Crippen LogP contribution in [0.3, 0.4) is 0 Å². The highest BCUT2D eigenvalue weighted by Gasteiger charge is 2.35. The van der Waals surface area contributed by atoms with Crippen LogP contribution in [0.1, 0.15) is 6.42 Å². The molecule has 0 aliphatic carbocycles. The Bertz CT molecular complexity index is 418. The average Bonchev–Trinajstić information content (AvgIpc) is 2.63. The molecule has 1 unspecified atom stereocenters. The third-order valence-electron chi connectivity index (χ3n) is 2.78. The van der Waals surface area contributed by atoms with Crippen LogP contribution < -0.4 is 0 Å². The first kappa shape index (κ1) is 14.9. The molecule has 1 aliphatic heterocycles. The van der Waals surface area contributed by atoms with Crippen LogP contribution in [0.15, 0.2) is 0 Å². The number of carboxylic acids is 1. The fraction of sp³-hybridized carbons (Fsp3) is 0.800. The van der Waals surface area contributed by atoms with Crippen LogP contribution in [0.4, 0.5) is 0 Å². The van der Waals surface area contributed by atoms with Gasteiger partial charge in [-0.1, -0.05) is 0 Å². The van der Waals surface area contributed by atoms with Gasteiger partial charge in [0, 0.05) is 13.7 Å². The molecular weight excluding hydrogens is 262 g/mol. The summed E-state index contributed by atoms with van der Waals surface area (Å²) in [6.07, 6.45) is 0.268. The van der Waals surface area contributed by atoms with E-state index in [2.05, 4.69) is 0 Å². The summed E-state index contributed by atoms with van der Waals surface area (Å²) in [6.45, 7) is -0.0601. The Morgan fingerprint density at radius 3 is 2.56 bits per heavy atom. The van der Waals surface area contributed by atoms with Crippen LogP contribution in [-0.4, -0.2) is 68.6 Å². The van der Waals surface area contributed by atoms with E-state index >= 15 is 0 Å². The van der Waals surface area contributed by atoms with Crippen molar-refractivity contribution in [3.63, 3.8) is 0 Å². The number of carbonyl (C=O) groups excluding carboxylic acids is 1. The van der Waals surface area contributed by atoms with Gasteiger partial charge in [0.1, 0.15) is 6.54 Å². The van der Waals surface area contributed by atoms with Gasteiger partial charge in [-0.15, -0.1) is 0 Å². The first-order valence-electron chi connectivity index (χ1n) is 5.55. The second-order valence-electron chi connectivity index (χ2n) is 4.25. The van der Waals surface area contributed by atoms with Gasteiger partial charge in [0.15, 0.2) is 9.84 Å². The smallest absolute Gasteiger partial charge is 0.323 e. The number of hydrogen-bond donors (Lipinski definition) is 1. The fourth-order valence-corrected chi connectivity index (χ4v) is 3.61. The van der Waals surface area contributed by atoms with Crippen LogP contribution in [0.5, 0.6) is 0 Å². The van der Waals surface area contributed by atoms with Crippen LogP contribution in [0, 0.1) is 5.92 Å². The lowest BCUT2D eigenvalue weighted by atomic mass is 10.1. The van der Waals surface area contributed by atoms with Gasteiger partial charge in [0.05, 0.1) is 24.0 Å². The molecule has 0 aromatic rings. The van der Waals surface area contributed by atoms with Crippen LogP contribution in [-0.2, 0) is 24.2 Å². The molecule has 1 heterocycles. The first-order valence-corrected chi connectivity index (χ1v) is 7.38. The Morgan fingerprint density at radius 2 is 2.11 bits per heavy atom. The molecular formula is C10H17NO6S. The van der Waals surface area contributed by atoms with E-state index in [-0.39, 0.29) is 31.1 Å². The van der Waals surface area contributed by atoms with E-state index < -0.39 is 34.2 Å². The molecule has 0 aromatic heterocycles. The number of hydrogen-bond acceptors (Lipinski definition) is 5. The number of carbonyl (C=O) groups is 2. The number of aliphatic carboxylic acids is 1. The molecule has 1 saturated heterocycles. The van der Waals surface area contributed by atoms with E-state index in [0.717, 1.165) is 4.90 Å². The van der Waals surface area contributed by atoms with Gasteiger partial charge in [-0.25, -0.2) is 8.42 Å². The lowest BCUT2D eigenvalue weighted by Gasteiger charge is -2.23. The molecule has 8 heteroatoms. The van der Waals surface area contributed by atoms with E-state index in [0.29, 0.717) is 0 Å². The molecule has 1 aliphatic rings. The van der Waals surface area contributed by atoms with Crippen LogP contribution in [0.2, 0.25) is 0 Å². The molecule has 18 heavy (non-hydrogen) atoms. The average molecular weight is 279 g/mol. The second kappa shape index (κ2) is 6.14. The quantitative estimate of drug-likeness (QED) is 0.668. The zero-order valence-corrected chi connectivity index (χ0v) is 11.0. The maximum atomic E-state index is 12.0. The van der Waals surface area contributed by atoms with E-state index in [4.69, 9.17) is 9.84 Å². The Balaban J connectivity index is 2.66. The van der Waals surface area contributed by atoms with E-state index in [1.807, 2.05) is 0 Å². The molecule has 0 aromatic carbocycles. The maximum absolute atomic E-state index is 12.0. The van der Waals surface area contributed by atoms with Crippen molar-refractivity contribution in [3.05, 3.63) is 0 Å². The monoisotopic (exact) mass is 279 g/mol. The van der Waals surface area contributed by atoms with Crippen molar-refractivity contribution in [1.29, 1.82) is 0 Å². The summed E-state index contributed by atoms with van der Waals surface area (Å²) in [6, 6.07) is 0. The fourth-order valence-electron chi connectivity index (χ4n) is 1.88. The predicted molar refractivity (Wildman–Crippen MR) is 62.9 cm³/mol. The van der Waals surface area contributed by atoms with Crippen molar-refractivity contribution in [3.8, 4) is 0 Å². The number of nitrogens with zero attached hydrogens (tertiary/aromatic N) is 1. The first-order chi connectivity index (χ1) is 8.35. The van der Waals surface area contributed by atoms with E-state index in [9.17, 15) is 18.0 Å². The third-order valence-corrected chi connectivity index (χ3v) is 4.55. The van der Waals surface area contributed by atoms with Gasteiger partial charge in [-0.05, 0) is 6.42 Å². The van der Waals surface area contributed by atoms with Crippen LogP contribution >= 0.6 is 0 Å². The van der Waals surface area contributed by atoms with Crippen LogP contribution in [0.25, 0.3) is 0 Å². The van der Waals surface area contributed by atoms with Gasteiger partial charge >= 0.3 is 5.97 Å². The topological polar surface area (TPSA) is 101 Å². The number of methoxy groups -OCH3 is 1. The van der Waals surface area contributed by atoms with Crippen molar-refractivity contribution >= 4 is 21.7 Å². The van der Waals surface area contributed by atoms with Crippen molar-refractivity contribution in [2.24, 2.45) is 5.92 Å². The lowest BCUT2D eigenvalue weighted by Crippen LogP contribution is -2.41. The molecule has 0 bridgehead atoms. The Kier molecular flexibility index (Phi) is 5.09. The van der Waals surface area contributed by atoms with Crippen molar-refractivity contribution in [2.45, 2.75) is 6.42 Å². The van der Waals surface area contributed by atoms with Gasteiger partial charge in [0.25, 0.3) is 0 Å². The minimum atomic E-state index is -3.15. The van der Waals surface area contributed by atoms with Crippen molar-refractivity contribution in [1.82, 2.24) is 4.90 Å². The zero-order valence-electron chi connectivity index (χ0n) is 10.2. The van der Waals surface area contributed by atoms with E-state index in [1.165, 1.54) is 7.11 Å². The highest BCUT2D eigenvalue weighted by molar-refractivity contribution is 7.91. The molecule has 104 valence electrons. The summed E-state index contributed by atoms with van der Waals surface area (Å²) >= 11 is 0. The van der Waals surface area contributed by atoms with Crippen molar-refractivity contribution < 1.29 is 27.9 Å². The van der Waals surface area contributed by atoms with Gasteiger partial charge in [-0.3, -0.25) is 9.59 Å². The normalized spacial score (nSPS) is 21.7. The largest absolute Gasteiger partial charge is 0.480 e. The van der Waals surface area contributed by atoms with Crippen molar-refractivity contribution in [2.75, 3.05) is 38.3 Å². The number of carboxylic acid groups (broad SMARTS) is 1. The Morgan fingerprint density at radius 1 is 1.44 bits per heavy atom. The third kappa shape index (κ3) is 4.26. The standard InChI is InChI=1S/C10H17NO6S/c1-17-4-3-11(6-9(12)13)10(14)8-2-5-18(15,16)7-8/h8H,2-7H2,1H3,(H,12,13). The number of rotatable bonds is 6. The van der Waals surface area contributed by atoms with Gasteiger partial charge in [-0.2, -0.15) is 0 Å². The summed E-state index contributed by atoms with van der Waals surface area (Å²) in [5, 5.41) is 8.72. The SMILES string of the molecule is COCCN(CC(=O)O)C(=O)C1CCS(=O)(=O)C1.